The number of hydrogen-bond donors (Lipinski definition) is 1. The molecule has 5 heteroatoms. The second-order valence-corrected chi connectivity index (χ2v) is 2.91. The zero-order valence-electron chi connectivity index (χ0n) is 7.47. The maximum Gasteiger partial charge on any atom is 0.104 e. The van der Waals surface area contributed by atoms with E-state index in [1.165, 1.54) is 0 Å². The molecule has 1 heterocycles. The van der Waals surface area contributed by atoms with E-state index in [0.29, 0.717) is 6.54 Å². The van der Waals surface area contributed by atoms with Crippen LogP contribution in [0, 0.1) is 4.91 Å². The van der Waals surface area contributed by atoms with Crippen LogP contribution < -0.4 is 5.73 Å². The van der Waals surface area contributed by atoms with Crippen molar-refractivity contribution in [1.82, 2.24) is 9.78 Å². The van der Waals surface area contributed by atoms with Crippen molar-refractivity contribution in [3.05, 3.63) is 23.4 Å². The van der Waals surface area contributed by atoms with Crippen molar-refractivity contribution in [3.8, 4) is 0 Å². The van der Waals surface area contributed by atoms with E-state index in [2.05, 4.69) is 10.3 Å². The van der Waals surface area contributed by atoms with Crippen LogP contribution in [0.5, 0.6) is 0 Å². The maximum atomic E-state index is 10.2. The van der Waals surface area contributed by atoms with Crippen LogP contribution in [0.3, 0.4) is 0 Å². The monoisotopic (exact) mass is 182 g/mol. The average molecular weight is 182 g/mol. The van der Waals surface area contributed by atoms with Gasteiger partial charge in [-0.05, 0) is 18.9 Å². The highest BCUT2D eigenvalue weighted by atomic mass is 16.3. The Morgan fingerprint density at radius 1 is 1.62 bits per heavy atom. The van der Waals surface area contributed by atoms with Crippen molar-refractivity contribution in [2.24, 2.45) is 10.9 Å². The van der Waals surface area contributed by atoms with Gasteiger partial charge >= 0.3 is 0 Å². The van der Waals surface area contributed by atoms with E-state index in [1.807, 2.05) is 16.9 Å². The topological polar surface area (TPSA) is 73.3 Å². The molecule has 0 bridgehead atoms. The van der Waals surface area contributed by atoms with Gasteiger partial charge in [-0.15, -0.1) is 0 Å². The predicted molar refractivity (Wildman–Crippen MR) is 50.1 cm³/mol. The van der Waals surface area contributed by atoms with Gasteiger partial charge < -0.3 is 5.73 Å². The first kappa shape index (κ1) is 9.85. The lowest BCUT2D eigenvalue weighted by Gasteiger charge is -2.05. The molecule has 0 aromatic carbocycles. The van der Waals surface area contributed by atoms with Crippen molar-refractivity contribution >= 4 is 0 Å². The second kappa shape index (κ2) is 5.42. The van der Waals surface area contributed by atoms with E-state index in [-0.39, 0.29) is 6.04 Å². The number of nitrogens with zero attached hydrogens (tertiary/aromatic N) is 3. The number of aryl methyl sites for hydroxylation is 1. The molecular formula is C8H14N4O. The maximum absolute atomic E-state index is 10.2. The largest absolute Gasteiger partial charge is 0.328 e. The summed E-state index contributed by atoms with van der Waals surface area (Å²) >= 11 is 0. The van der Waals surface area contributed by atoms with Crippen LogP contribution in [0.2, 0.25) is 0 Å². The van der Waals surface area contributed by atoms with Gasteiger partial charge in [-0.25, -0.2) is 0 Å². The summed E-state index contributed by atoms with van der Waals surface area (Å²) in [4.78, 5) is 10.2. The zero-order chi connectivity index (χ0) is 9.52. The lowest BCUT2D eigenvalue weighted by Crippen LogP contribution is -2.18. The van der Waals surface area contributed by atoms with Crippen molar-refractivity contribution in [2.45, 2.75) is 25.4 Å². The minimum atomic E-state index is -0.240. The standard InChI is InChI=1S/C8H14N4O/c9-7-8(11-13)3-1-5-12-6-2-4-10-12/h2,4,6,8H,1,3,5,7,9H2. The van der Waals surface area contributed by atoms with Crippen LogP contribution in [0.4, 0.5) is 0 Å². The number of nitrogens with two attached hydrogens (primary N) is 1. The molecule has 1 aromatic heterocycles. The Bertz CT molecular complexity index is 234. The quantitative estimate of drug-likeness (QED) is 0.660. The second-order valence-electron chi connectivity index (χ2n) is 2.91. The van der Waals surface area contributed by atoms with E-state index in [9.17, 15) is 4.91 Å². The minimum Gasteiger partial charge on any atom is -0.328 e. The fourth-order valence-corrected chi connectivity index (χ4v) is 1.14. The number of aromatic nitrogens is 2. The van der Waals surface area contributed by atoms with Crippen LogP contribution in [-0.4, -0.2) is 22.4 Å². The molecule has 13 heavy (non-hydrogen) atoms. The normalized spacial score (nSPS) is 12.7. The molecule has 1 rings (SSSR count). The summed E-state index contributed by atoms with van der Waals surface area (Å²) in [6.45, 7) is 1.15. The van der Waals surface area contributed by atoms with Gasteiger partial charge in [0.2, 0.25) is 0 Å². The van der Waals surface area contributed by atoms with E-state index < -0.39 is 0 Å². The van der Waals surface area contributed by atoms with E-state index in [1.54, 1.807) is 6.20 Å². The fourth-order valence-electron chi connectivity index (χ4n) is 1.14. The Morgan fingerprint density at radius 3 is 3.00 bits per heavy atom. The Balaban J connectivity index is 2.17. The van der Waals surface area contributed by atoms with Gasteiger partial charge in [0.25, 0.3) is 0 Å². The van der Waals surface area contributed by atoms with Crippen molar-refractivity contribution < 1.29 is 0 Å². The molecule has 0 radical (unpaired) electrons. The summed E-state index contributed by atoms with van der Waals surface area (Å²) in [5, 5.41) is 6.96. The molecular weight excluding hydrogens is 168 g/mol. The van der Waals surface area contributed by atoms with Gasteiger partial charge in [-0.2, -0.15) is 10.0 Å². The summed E-state index contributed by atoms with van der Waals surface area (Å²) in [6, 6.07) is 1.63. The van der Waals surface area contributed by atoms with Crippen molar-refractivity contribution in [2.75, 3.05) is 6.54 Å². The summed E-state index contributed by atoms with van der Waals surface area (Å²) in [5.41, 5.74) is 5.33. The van der Waals surface area contributed by atoms with Gasteiger partial charge in [-0.3, -0.25) is 4.68 Å². The highest BCUT2D eigenvalue weighted by Crippen LogP contribution is 2.01. The molecule has 0 aliphatic rings. The molecule has 0 amide bonds. The highest BCUT2D eigenvalue weighted by molar-refractivity contribution is 4.77. The average Bonchev–Trinajstić information content (AvgIpc) is 2.65. The van der Waals surface area contributed by atoms with Gasteiger partial charge in [0, 0.05) is 25.5 Å². The van der Waals surface area contributed by atoms with Crippen LogP contribution in [0.15, 0.2) is 23.6 Å². The Kier molecular flexibility index (Phi) is 4.11. The third kappa shape index (κ3) is 3.33. The molecule has 0 aliphatic carbocycles. The number of rotatable bonds is 6. The smallest absolute Gasteiger partial charge is 0.104 e. The molecule has 1 aromatic rings. The molecule has 1 atom stereocenters. The molecule has 0 spiro atoms. The summed E-state index contributed by atoms with van der Waals surface area (Å²) in [6.07, 6.45) is 5.25. The summed E-state index contributed by atoms with van der Waals surface area (Å²) in [5.74, 6) is 0. The molecule has 1 unspecified atom stereocenters. The summed E-state index contributed by atoms with van der Waals surface area (Å²) in [7, 11) is 0. The van der Waals surface area contributed by atoms with Crippen LogP contribution in [0.25, 0.3) is 0 Å². The van der Waals surface area contributed by atoms with Gasteiger partial charge in [0.15, 0.2) is 0 Å². The van der Waals surface area contributed by atoms with Gasteiger partial charge in [-0.1, -0.05) is 5.18 Å². The first-order valence-corrected chi connectivity index (χ1v) is 4.36. The van der Waals surface area contributed by atoms with Gasteiger partial charge in [0.05, 0.1) is 0 Å². The van der Waals surface area contributed by atoms with Crippen LogP contribution >= 0.6 is 0 Å². The highest BCUT2D eigenvalue weighted by Gasteiger charge is 2.04. The van der Waals surface area contributed by atoms with Crippen molar-refractivity contribution in [3.63, 3.8) is 0 Å². The zero-order valence-corrected chi connectivity index (χ0v) is 7.47. The SMILES string of the molecule is NCC(CCCn1cccn1)N=O. The third-order valence-corrected chi connectivity index (χ3v) is 1.90. The summed E-state index contributed by atoms with van der Waals surface area (Å²) < 4.78 is 1.83. The van der Waals surface area contributed by atoms with Crippen LogP contribution in [0.1, 0.15) is 12.8 Å². The van der Waals surface area contributed by atoms with E-state index >= 15 is 0 Å². The molecule has 0 aliphatic heterocycles. The first-order chi connectivity index (χ1) is 6.36. The number of nitroso groups, excluding NO2 is 1. The molecule has 2 N–H and O–H groups in total. The van der Waals surface area contributed by atoms with E-state index in [4.69, 9.17) is 5.73 Å². The minimum absolute atomic E-state index is 0.240. The first-order valence-electron chi connectivity index (χ1n) is 4.36. The predicted octanol–water partition coefficient (Wildman–Crippen LogP) is 0.757. The molecule has 72 valence electrons. The lowest BCUT2D eigenvalue weighted by atomic mass is 10.2. The molecule has 0 saturated carbocycles. The lowest BCUT2D eigenvalue weighted by molar-refractivity contribution is 0.512. The Hall–Kier alpha value is -1.23. The number of hydrogen-bond acceptors (Lipinski definition) is 4. The third-order valence-electron chi connectivity index (χ3n) is 1.90. The fraction of sp³-hybridized carbons (Fsp3) is 0.625. The van der Waals surface area contributed by atoms with Crippen LogP contribution in [-0.2, 0) is 6.54 Å². The Morgan fingerprint density at radius 2 is 2.46 bits per heavy atom. The Labute approximate surface area is 76.9 Å². The molecule has 5 nitrogen and oxygen atoms in total. The molecule has 0 fully saturated rings. The van der Waals surface area contributed by atoms with E-state index in [0.717, 1.165) is 19.4 Å². The van der Waals surface area contributed by atoms with Crippen molar-refractivity contribution in [1.29, 1.82) is 0 Å². The molecule has 0 saturated heterocycles. The van der Waals surface area contributed by atoms with Gasteiger partial charge in [0.1, 0.15) is 6.04 Å².